The van der Waals surface area contributed by atoms with Crippen LogP contribution in [0.4, 0.5) is 0 Å². The number of ether oxygens (including phenoxy) is 1. The number of benzene rings is 1. The molecule has 0 radical (unpaired) electrons. The lowest BCUT2D eigenvalue weighted by Gasteiger charge is -2.23. The van der Waals surface area contributed by atoms with Crippen LogP contribution in [-0.2, 0) is 9.53 Å². The van der Waals surface area contributed by atoms with Gasteiger partial charge in [0.25, 0.3) is 0 Å². The maximum Gasteiger partial charge on any atom is 0.305 e. The second kappa shape index (κ2) is 9.28. The van der Waals surface area contributed by atoms with Crippen LogP contribution in [0, 0.1) is 0 Å². The summed E-state index contributed by atoms with van der Waals surface area (Å²) >= 11 is 12.0. The van der Waals surface area contributed by atoms with Crippen LogP contribution in [0.1, 0.15) is 36.1 Å². The summed E-state index contributed by atoms with van der Waals surface area (Å²) in [4.78, 5) is 18.9. The maximum absolute atomic E-state index is 11.6. The molecule has 0 unspecified atom stereocenters. The van der Waals surface area contributed by atoms with Crippen LogP contribution in [0.2, 0.25) is 10.0 Å². The Morgan fingerprint density at radius 1 is 1.28 bits per heavy atom. The SMILES string of the molecule is COC(=O)CC[C@@H](c1cc(Cl)ccn1)[C@@H](N=[N+]=[N-])c1ccc(Cl)cc1. The predicted molar refractivity (Wildman–Crippen MR) is 96.6 cm³/mol. The van der Waals surface area contributed by atoms with Crippen LogP contribution in [-0.4, -0.2) is 18.1 Å². The van der Waals surface area contributed by atoms with Gasteiger partial charge in [-0.15, -0.1) is 0 Å². The summed E-state index contributed by atoms with van der Waals surface area (Å²) < 4.78 is 4.72. The van der Waals surface area contributed by atoms with Gasteiger partial charge < -0.3 is 4.74 Å². The van der Waals surface area contributed by atoms with Crippen LogP contribution >= 0.6 is 23.2 Å². The van der Waals surface area contributed by atoms with Crippen molar-refractivity contribution >= 4 is 29.2 Å². The molecule has 8 heteroatoms. The Kier molecular flexibility index (Phi) is 7.07. The normalized spacial score (nSPS) is 12.8. The smallest absolute Gasteiger partial charge is 0.305 e. The molecule has 1 aromatic heterocycles. The fraction of sp³-hybridized carbons (Fsp3) is 0.294. The van der Waals surface area contributed by atoms with Gasteiger partial charge in [-0.25, -0.2) is 0 Å². The minimum atomic E-state index is -0.558. The number of hydrogen-bond donors (Lipinski definition) is 0. The molecule has 0 bridgehead atoms. The van der Waals surface area contributed by atoms with E-state index in [9.17, 15) is 4.79 Å². The van der Waals surface area contributed by atoms with E-state index in [-0.39, 0.29) is 18.3 Å². The number of azide groups is 1. The summed E-state index contributed by atoms with van der Waals surface area (Å²) in [7, 11) is 1.33. The van der Waals surface area contributed by atoms with Crippen molar-refractivity contribution in [2.24, 2.45) is 5.11 Å². The van der Waals surface area contributed by atoms with Crippen molar-refractivity contribution in [2.75, 3.05) is 7.11 Å². The second-order valence-electron chi connectivity index (χ2n) is 5.32. The highest BCUT2D eigenvalue weighted by Gasteiger charge is 2.26. The zero-order chi connectivity index (χ0) is 18.2. The van der Waals surface area contributed by atoms with Crippen LogP contribution < -0.4 is 0 Å². The van der Waals surface area contributed by atoms with Gasteiger partial charge >= 0.3 is 5.97 Å². The Morgan fingerprint density at radius 2 is 2.00 bits per heavy atom. The molecule has 0 aliphatic rings. The van der Waals surface area contributed by atoms with Gasteiger partial charge in [-0.1, -0.05) is 40.4 Å². The number of carbonyl (C=O) groups is 1. The summed E-state index contributed by atoms with van der Waals surface area (Å²) in [5.41, 5.74) is 10.4. The second-order valence-corrected chi connectivity index (χ2v) is 6.19. The molecule has 0 aliphatic heterocycles. The monoisotopic (exact) mass is 378 g/mol. The van der Waals surface area contributed by atoms with Gasteiger partial charge in [-0.2, -0.15) is 0 Å². The van der Waals surface area contributed by atoms with E-state index < -0.39 is 6.04 Å². The molecule has 1 heterocycles. The largest absolute Gasteiger partial charge is 0.469 e. The first-order valence-electron chi connectivity index (χ1n) is 7.53. The highest BCUT2D eigenvalue weighted by atomic mass is 35.5. The molecule has 0 amide bonds. The van der Waals surface area contributed by atoms with E-state index in [4.69, 9.17) is 33.5 Å². The zero-order valence-electron chi connectivity index (χ0n) is 13.5. The summed E-state index contributed by atoms with van der Waals surface area (Å²) in [6, 6.07) is 9.83. The molecule has 0 N–H and O–H groups in total. The molecule has 2 aromatic rings. The summed E-state index contributed by atoms with van der Waals surface area (Å²) in [6.07, 6.45) is 2.14. The van der Waals surface area contributed by atoms with E-state index in [1.807, 2.05) is 0 Å². The fourth-order valence-electron chi connectivity index (χ4n) is 2.56. The molecule has 0 saturated carbocycles. The van der Waals surface area contributed by atoms with Crippen LogP contribution in [0.3, 0.4) is 0 Å². The highest BCUT2D eigenvalue weighted by molar-refractivity contribution is 6.30. The van der Waals surface area contributed by atoms with Gasteiger partial charge in [0.05, 0.1) is 13.2 Å². The predicted octanol–water partition coefficient (Wildman–Crippen LogP) is 5.48. The number of aromatic nitrogens is 1. The van der Waals surface area contributed by atoms with E-state index in [2.05, 4.69) is 15.0 Å². The molecule has 0 spiro atoms. The lowest BCUT2D eigenvalue weighted by Crippen LogP contribution is -2.13. The Hall–Kier alpha value is -2.27. The molecular formula is C17H16Cl2N4O2. The van der Waals surface area contributed by atoms with E-state index in [0.717, 1.165) is 5.56 Å². The Morgan fingerprint density at radius 3 is 2.60 bits per heavy atom. The molecule has 130 valence electrons. The topological polar surface area (TPSA) is 88.0 Å². The van der Waals surface area contributed by atoms with Crippen LogP contribution in [0.15, 0.2) is 47.7 Å². The quantitative estimate of drug-likeness (QED) is 0.276. The third kappa shape index (κ3) is 5.36. The Labute approximate surface area is 155 Å². The summed E-state index contributed by atoms with van der Waals surface area (Å²) in [6.45, 7) is 0. The molecule has 2 rings (SSSR count). The number of rotatable bonds is 7. The van der Waals surface area contributed by atoms with Crippen molar-refractivity contribution in [1.82, 2.24) is 4.98 Å². The molecule has 1 aromatic carbocycles. The molecule has 0 fully saturated rings. The molecular weight excluding hydrogens is 363 g/mol. The van der Waals surface area contributed by atoms with Crippen molar-refractivity contribution in [3.8, 4) is 0 Å². The highest BCUT2D eigenvalue weighted by Crippen LogP contribution is 2.38. The Balaban J connectivity index is 2.43. The van der Waals surface area contributed by atoms with Gasteiger partial charge in [0.2, 0.25) is 0 Å². The average molecular weight is 379 g/mol. The van der Waals surface area contributed by atoms with Gasteiger partial charge in [-0.05, 0) is 41.8 Å². The molecule has 25 heavy (non-hydrogen) atoms. The average Bonchev–Trinajstić information content (AvgIpc) is 2.61. The van der Waals surface area contributed by atoms with Crippen LogP contribution in [0.25, 0.3) is 10.4 Å². The first-order valence-corrected chi connectivity index (χ1v) is 8.28. The standard InChI is InChI=1S/C17H16Cl2N4O2/c1-25-16(24)7-6-14(15-10-13(19)8-9-21-15)17(22-23-20)11-2-4-12(18)5-3-11/h2-5,8-10,14,17H,6-7H2,1H3/t14-,17-/m0/s1. The zero-order valence-corrected chi connectivity index (χ0v) is 15.0. The minimum Gasteiger partial charge on any atom is -0.469 e. The number of pyridine rings is 1. The number of carbonyl (C=O) groups excluding carboxylic acids is 1. The van der Waals surface area contributed by atoms with E-state index in [1.165, 1.54) is 7.11 Å². The van der Waals surface area contributed by atoms with Crippen molar-refractivity contribution in [2.45, 2.75) is 24.8 Å². The van der Waals surface area contributed by atoms with Crippen LogP contribution in [0.5, 0.6) is 0 Å². The summed E-state index contributed by atoms with van der Waals surface area (Å²) in [5.74, 6) is -0.683. The number of hydrogen-bond acceptors (Lipinski definition) is 4. The van der Waals surface area contributed by atoms with Gasteiger partial charge in [0.15, 0.2) is 0 Å². The number of halogens is 2. The molecule has 0 saturated heterocycles. The third-order valence-electron chi connectivity index (χ3n) is 3.78. The van der Waals surface area contributed by atoms with Crippen molar-refractivity contribution in [1.29, 1.82) is 0 Å². The number of methoxy groups -OCH3 is 1. The molecule has 2 atom stereocenters. The van der Waals surface area contributed by atoms with Gasteiger partial charge in [0, 0.05) is 39.2 Å². The first-order chi connectivity index (χ1) is 12.0. The third-order valence-corrected chi connectivity index (χ3v) is 4.27. The first kappa shape index (κ1) is 19.1. The fourth-order valence-corrected chi connectivity index (χ4v) is 2.86. The van der Waals surface area contributed by atoms with Crippen molar-refractivity contribution in [3.05, 3.63) is 74.3 Å². The molecule has 6 nitrogen and oxygen atoms in total. The summed E-state index contributed by atoms with van der Waals surface area (Å²) in [5, 5.41) is 5.03. The maximum atomic E-state index is 11.6. The van der Waals surface area contributed by atoms with Gasteiger partial charge in [-0.3, -0.25) is 9.78 Å². The number of nitrogens with zero attached hydrogens (tertiary/aromatic N) is 4. The lowest BCUT2D eigenvalue weighted by atomic mass is 9.87. The molecule has 0 aliphatic carbocycles. The minimum absolute atomic E-state index is 0.167. The van der Waals surface area contributed by atoms with E-state index >= 15 is 0 Å². The van der Waals surface area contributed by atoms with Crippen molar-refractivity contribution < 1.29 is 9.53 Å². The van der Waals surface area contributed by atoms with Gasteiger partial charge in [0.1, 0.15) is 0 Å². The lowest BCUT2D eigenvalue weighted by molar-refractivity contribution is -0.140. The number of esters is 1. The van der Waals surface area contributed by atoms with Crippen molar-refractivity contribution in [3.63, 3.8) is 0 Å². The Bertz CT molecular complexity index is 776. The van der Waals surface area contributed by atoms with E-state index in [0.29, 0.717) is 22.2 Å². The van der Waals surface area contributed by atoms with E-state index in [1.54, 1.807) is 42.6 Å².